The fourth-order valence-corrected chi connectivity index (χ4v) is 4.27. The Morgan fingerprint density at radius 1 is 1.26 bits per heavy atom. The number of nitrogens with one attached hydrogen (secondary N) is 1. The van der Waals surface area contributed by atoms with Crippen LogP contribution in [0.1, 0.15) is 32.3 Å². The normalized spacial score (nSPS) is 15.9. The van der Waals surface area contributed by atoms with Crippen molar-refractivity contribution >= 4 is 21.9 Å². The van der Waals surface area contributed by atoms with Crippen LogP contribution in [0.15, 0.2) is 29.2 Å². The van der Waals surface area contributed by atoms with E-state index in [0.717, 1.165) is 0 Å². The van der Waals surface area contributed by atoms with E-state index in [4.69, 9.17) is 10.00 Å². The Kier molecular flexibility index (Phi) is 6.93. The minimum atomic E-state index is -3.67. The lowest BCUT2D eigenvalue weighted by molar-refractivity contribution is -0.153. The number of hydrogen-bond donors (Lipinski definition) is 1. The number of esters is 1. The van der Waals surface area contributed by atoms with Gasteiger partial charge in [0.25, 0.3) is 5.91 Å². The molecule has 1 saturated heterocycles. The Bertz CT molecular complexity index is 820. The van der Waals surface area contributed by atoms with Crippen molar-refractivity contribution < 1.29 is 22.7 Å². The van der Waals surface area contributed by atoms with Gasteiger partial charge in [-0.2, -0.15) is 9.57 Å². The molecule has 0 saturated carbocycles. The van der Waals surface area contributed by atoms with E-state index in [1.165, 1.54) is 28.6 Å². The van der Waals surface area contributed by atoms with Crippen molar-refractivity contribution in [1.29, 1.82) is 5.26 Å². The van der Waals surface area contributed by atoms with E-state index in [1.54, 1.807) is 0 Å². The summed E-state index contributed by atoms with van der Waals surface area (Å²) >= 11 is 0. The van der Waals surface area contributed by atoms with E-state index < -0.39 is 21.9 Å². The summed E-state index contributed by atoms with van der Waals surface area (Å²) in [5.74, 6) is -1.27. The van der Waals surface area contributed by atoms with Gasteiger partial charge in [-0.25, -0.2) is 8.42 Å². The molecule has 1 heterocycles. The highest BCUT2D eigenvalue weighted by atomic mass is 32.2. The molecular weight excluding hydrogens is 370 g/mol. The zero-order valence-electron chi connectivity index (χ0n) is 15.3. The van der Waals surface area contributed by atoms with Crippen LogP contribution in [0.4, 0.5) is 0 Å². The van der Waals surface area contributed by atoms with E-state index in [2.05, 4.69) is 5.32 Å². The topological polar surface area (TPSA) is 117 Å². The Labute approximate surface area is 159 Å². The van der Waals surface area contributed by atoms with Gasteiger partial charge < -0.3 is 10.1 Å². The van der Waals surface area contributed by atoms with Crippen LogP contribution in [0.3, 0.4) is 0 Å². The summed E-state index contributed by atoms with van der Waals surface area (Å²) in [4.78, 5) is 23.7. The number of piperidine rings is 1. The summed E-state index contributed by atoms with van der Waals surface area (Å²) in [6, 6.07) is 7.63. The largest absolute Gasteiger partial charge is 0.455 e. The molecule has 0 aliphatic carbocycles. The third-order valence-electron chi connectivity index (χ3n) is 4.20. The highest BCUT2D eigenvalue weighted by Gasteiger charge is 2.33. The van der Waals surface area contributed by atoms with E-state index in [9.17, 15) is 18.0 Å². The van der Waals surface area contributed by atoms with Crippen molar-refractivity contribution in [2.45, 2.75) is 37.6 Å². The zero-order valence-corrected chi connectivity index (χ0v) is 16.2. The molecule has 27 heavy (non-hydrogen) atoms. The standard InChI is InChI=1S/C18H23N3O5S/c1-13(2)20-17(22)12-26-18(23)15-7-9-21(10-8-15)27(24,25)16-5-3-14(11-19)4-6-16/h3-6,13,15H,7-10,12H2,1-2H3,(H,20,22). The molecule has 9 heteroatoms. The number of sulfonamides is 1. The monoisotopic (exact) mass is 393 g/mol. The van der Waals surface area contributed by atoms with Crippen molar-refractivity contribution in [2.75, 3.05) is 19.7 Å². The molecule has 0 atom stereocenters. The van der Waals surface area contributed by atoms with Gasteiger partial charge in [-0.15, -0.1) is 0 Å². The van der Waals surface area contributed by atoms with Crippen molar-refractivity contribution in [3.8, 4) is 6.07 Å². The third kappa shape index (κ3) is 5.52. The lowest BCUT2D eigenvalue weighted by Crippen LogP contribution is -2.41. The summed E-state index contributed by atoms with van der Waals surface area (Å²) < 4.78 is 31.7. The van der Waals surface area contributed by atoms with Crippen LogP contribution < -0.4 is 5.32 Å². The number of amides is 1. The molecule has 146 valence electrons. The lowest BCUT2D eigenvalue weighted by atomic mass is 9.98. The average molecular weight is 393 g/mol. The van der Waals surface area contributed by atoms with Crippen molar-refractivity contribution in [3.63, 3.8) is 0 Å². The van der Waals surface area contributed by atoms with E-state index >= 15 is 0 Å². The molecular formula is C18H23N3O5S. The van der Waals surface area contributed by atoms with Gasteiger partial charge >= 0.3 is 5.97 Å². The van der Waals surface area contributed by atoms with Crippen LogP contribution in [0.2, 0.25) is 0 Å². The lowest BCUT2D eigenvalue weighted by Gasteiger charge is -2.30. The maximum Gasteiger partial charge on any atom is 0.309 e. The Hall–Kier alpha value is -2.44. The molecule has 0 bridgehead atoms. The van der Waals surface area contributed by atoms with Gasteiger partial charge in [0.15, 0.2) is 6.61 Å². The molecule has 1 amide bonds. The summed E-state index contributed by atoms with van der Waals surface area (Å²) in [5.41, 5.74) is 0.386. The predicted molar refractivity (Wildman–Crippen MR) is 96.9 cm³/mol. The summed E-state index contributed by atoms with van der Waals surface area (Å²) in [7, 11) is -3.67. The van der Waals surface area contributed by atoms with E-state index in [0.29, 0.717) is 18.4 Å². The van der Waals surface area contributed by atoms with Crippen molar-refractivity contribution in [3.05, 3.63) is 29.8 Å². The summed E-state index contributed by atoms with van der Waals surface area (Å²) in [6.45, 7) is 3.68. The summed E-state index contributed by atoms with van der Waals surface area (Å²) in [5, 5.41) is 11.4. The predicted octanol–water partition coefficient (Wildman–Crippen LogP) is 1.03. The number of nitrogens with zero attached hydrogens (tertiary/aromatic N) is 2. The maximum atomic E-state index is 12.7. The number of rotatable bonds is 6. The Morgan fingerprint density at radius 3 is 2.37 bits per heavy atom. The smallest absolute Gasteiger partial charge is 0.309 e. The molecule has 2 rings (SSSR count). The number of benzene rings is 1. The van der Waals surface area contributed by atoms with Crippen LogP contribution in [0, 0.1) is 17.2 Å². The van der Waals surface area contributed by atoms with Crippen LogP contribution in [-0.4, -0.2) is 50.3 Å². The first-order valence-electron chi connectivity index (χ1n) is 8.70. The second-order valence-electron chi connectivity index (χ2n) is 6.64. The van der Waals surface area contributed by atoms with Crippen LogP contribution >= 0.6 is 0 Å². The van der Waals surface area contributed by atoms with Crippen LogP contribution in [0.5, 0.6) is 0 Å². The number of carbonyl (C=O) groups is 2. The fourth-order valence-electron chi connectivity index (χ4n) is 2.80. The van der Waals surface area contributed by atoms with Crippen molar-refractivity contribution in [1.82, 2.24) is 9.62 Å². The first-order valence-corrected chi connectivity index (χ1v) is 10.1. The molecule has 1 N–H and O–H groups in total. The maximum absolute atomic E-state index is 12.7. The zero-order chi connectivity index (χ0) is 20.0. The second-order valence-corrected chi connectivity index (χ2v) is 8.58. The van der Waals surface area contributed by atoms with Gasteiger partial charge in [0.2, 0.25) is 10.0 Å². The number of ether oxygens (including phenoxy) is 1. The van der Waals surface area contributed by atoms with E-state index in [-0.39, 0.29) is 36.5 Å². The molecule has 8 nitrogen and oxygen atoms in total. The second kappa shape index (κ2) is 8.97. The highest BCUT2D eigenvalue weighted by Crippen LogP contribution is 2.24. The van der Waals surface area contributed by atoms with Gasteiger partial charge in [0, 0.05) is 19.1 Å². The van der Waals surface area contributed by atoms with Gasteiger partial charge in [-0.05, 0) is 51.0 Å². The Balaban J connectivity index is 1.89. The molecule has 1 aliphatic heterocycles. The molecule has 1 fully saturated rings. The molecule has 1 aliphatic rings. The number of hydrogen-bond acceptors (Lipinski definition) is 6. The van der Waals surface area contributed by atoms with Gasteiger partial charge in [0.05, 0.1) is 22.4 Å². The van der Waals surface area contributed by atoms with E-state index in [1.807, 2.05) is 19.9 Å². The average Bonchev–Trinajstić information content (AvgIpc) is 2.65. The minimum absolute atomic E-state index is 0.0353. The molecule has 0 aromatic heterocycles. The molecule has 1 aromatic rings. The minimum Gasteiger partial charge on any atom is -0.455 e. The van der Waals surface area contributed by atoms with Gasteiger partial charge in [-0.3, -0.25) is 9.59 Å². The van der Waals surface area contributed by atoms with Crippen LogP contribution in [0.25, 0.3) is 0 Å². The number of nitriles is 1. The van der Waals surface area contributed by atoms with Crippen molar-refractivity contribution in [2.24, 2.45) is 5.92 Å². The molecule has 0 radical (unpaired) electrons. The fraction of sp³-hybridized carbons (Fsp3) is 0.500. The third-order valence-corrected chi connectivity index (χ3v) is 6.12. The SMILES string of the molecule is CC(C)NC(=O)COC(=O)C1CCN(S(=O)(=O)c2ccc(C#N)cc2)CC1. The van der Waals surface area contributed by atoms with Gasteiger partial charge in [-0.1, -0.05) is 0 Å². The number of carbonyl (C=O) groups excluding carboxylic acids is 2. The van der Waals surface area contributed by atoms with Gasteiger partial charge in [0.1, 0.15) is 0 Å². The first-order chi connectivity index (χ1) is 12.7. The highest BCUT2D eigenvalue weighted by molar-refractivity contribution is 7.89. The van der Waals surface area contributed by atoms with Crippen LogP contribution in [-0.2, 0) is 24.3 Å². The molecule has 0 unspecified atom stereocenters. The molecule has 0 spiro atoms. The quantitative estimate of drug-likeness (QED) is 0.722. The molecule has 1 aromatic carbocycles. The summed E-state index contributed by atoms with van der Waals surface area (Å²) in [6.07, 6.45) is 0.667. The Morgan fingerprint density at radius 2 is 1.85 bits per heavy atom. The first kappa shape index (κ1) is 20.9.